The molecule has 1 fully saturated rings. The molecule has 0 bridgehead atoms. The number of carbonyl (C=O) groups is 4. The maximum atomic E-state index is 11.9. The summed E-state index contributed by atoms with van der Waals surface area (Å²) in [5.41, 5.74) is 0. The quantitative estimate of drug-likeness (QED) is 0.394. The lowest BCUT2D eigenvalue weighted by molar-refractivity contribution is -0.138. The molecule has 9 heteroatoms. The van der Waals surface area contributed by atoms with Crippen LogP contribution in [0.3, 0.4) is 0 Å². The Bertz CT molecular complexity index is 458. The Hall–Kier alpha value is -1.61. The number of hydrogen-bond acceptors (Lipinski definition) is 6. The fourth-order valence-electron chi connectivity index (χ4n) is 2.06. The Balaban J connectivity index is 2.16. The molecule has 0 aromatic rings. The minimum atomic E-state index is -0.326. The molecule has 0 saturated carbocycles. The van der Waals surface area contributed by atoms with E-state index in [1.165, 1.54) is 18.9 Å². The maximum Gasteiger partial charge on any atom is 0.242 e. The number of ether oxygens (including phenoxy) is 1. The number of methoxy groups -OCH3 is 1. The molecule has 0 aromatic heterocycles. The van der Waals surface area contributed by atoms with Gasteiger partial charge in [-0.25, -0.2) is 0 Å². The first-order valence-electron chi connectivity index (χ1n) is 7.39. The molecule has 1 saturated heterocycles. The van der Waals surface area contributed by atoms with Crippen molar-refractivity contribution in [1.82, 2.24) is 15.5 Å². The van der Waals surface area contributed by atoms with E-state index in [-0.39, 0.29) is 54.7 Å². The average molecular weight is 345 g/mol. The van der Waals surface area contributed by atoms with Crippen LogP contribution in [0.1, 0.15) is 19.3 Å². The van der Waals surface area contributed by atoms with Crippen molar-refractivity contribution in [3.63, 3.8) is 0 Å². The highest BCUT2D eigenvalue weighted by molar-refractivity contribution is 8.00. The topological polar surface area (TPSA) is 105 Å². The standard InChI is InChI=1S/C14H23N3O5S/c1-22-8-4-12(19)16-6-5-15-11(18)3-7-17-13(20)9-10(23-2)14(17)21/h10H,3-9H2,1-2H3,(H,15,18)(H,16,19). The van der Waals surface area contributed by atoms with Crippen molar-refractivity contribution in [2.45, 2.75) is 24.5 Å². The molecule has 2 N–H and O–H groups in total. The number of carbonyl (C=O) groups excluding carboxylic acids is 4. The second kappa shape index (κ2) is 10.2. The van der Waals surface area contributed by atoms with Crippen molar-refractivity contribution in [3.05, 3.63) is 0 Å². The minimum absolute atomic E-state index is 0.0657. The summed E-state index contributed by atoms with van der Waals surface area (Å²) >= 11 is 1.35. The molecule has 1 aliphatic rings. The molecular formula is C14H23N3O5S. The number of rotatable bonds is 10. The third-order valence-electron chi connectivity index (χ3n) is 3.35. The molecule has 4 amide bonds. The van der Waals surface area contributed by atoms with Gasteiger partial charge in [0, 0.05) is 46.0 Å². The highest BCUT2D eigenvalue weighted by atomic mass is 32.2. The number of amides is 4. The van der Waals surface area contributed by atoms with E-state index in [0.717, 1.165) is 4.90 Å². The van der Waals surface area contributed by atoms with Crippen molar-refractivity contribution in [2.24, 2.45) is 0 Å². The second-order valence-corrected chi connectivity index (χ2v) is 6.05. The van der Waals surface area contributed by atoms with Crippen molar-refractivity contribution in [3.8, 4) is 0 Å². The Morgan fingerprint density at radius 1 is 1.22 bits per heavy atom. The molecule has 1 unspecified atom stereocenters. The van der Waals surface area contributed by atoms with E-state index in [0.29, 0.717) is 19.7 Å². The summed E-state index contributed by atoms with van der Waals surface area (Å²) < 4.78 is 4.78. The summed E-state index contributed by atoms with van der Waals surface area (Å²) in [6, 6.07) is 0. The van der Waals surface area contributed by atoms with Crippen LogP contribution in [0.5, 0.6) is 0 Å². The summed E-state index contributed by atoms with van der Waals surface area (Å²) in [7, 11) is 1.52. The number of imide groups is 1. The van der Waals surface area contributed by atoms with E-state index in [1.54, 1.807) is 6.26 Å². The van der Waals surface area contributed by atoms with Crippen molar-refractivity contribution >= 4 is 35.4 Å². The van der Waals surface area contributed by atoms with Gasteiger partial charge in [-0.3, -0.25) is 24.1 Å². The lowest BCUT2D eigenvalue weighted by Crippen LogP contribution is -2.38. The zero-order valence-electron chi connectivity index (χ0n) is 13.4. The van der Waals surface area contributed by atoms with E-state index in [1.807, 2.05) is 0 Å². The van der Waals surface area contributed by atoms with Crippen LogP contribution in [-0.4, -0.2) is 73.4 Å². The van der Waals surface area contributed by atoms with Crippen LogP contribution in [0.25, 0.3) is 0 Å². The maximum absolute atomic E-state index is 11.9. The molecule has 1 atom stereocenters. The predicted octanol–water partition coefficient (Wildman–Crippen LogP) is -0.864. The Morgan fingerprint density at radius 3 is 2.35 bits per heavy atom. The van der Waals surface area contributed by atoms with Crippen LogP contribution in [0.2, 0.25) is 0 Å². The molecule has 23 heavy (non-hydrogen) atoms. The Kier molecular flexibility index (Phi) is 8.64. The van der Waals surface area contributed by atoms with Gasteiger partial charge in [0.1, 0.15) is 0 Å². The van der Waals surface area contributed by atoms with Crippen LogP contribution in [-0.2, 0) is 23.9 Å². The largest absolute Gasteiger partial charge is 0.384 e. The van der Waals surface area contributed by atoms with Gasteiger partial charge in [0.2, 0.25) is 23.6 Å². The zero-order valence-corrected chi connectivity index (χ0v) is 14.2. The predicted molar refractivity (Wildman–Crippen MR) is 85.8 cm³/mol. The van der Waals surface area contributed by atoms with Gasteiger partial charge in [0.05, 0.1) is 11.9 Å². The molecule has 0 aliphatic carbocycles. The van der Waals surface area contributed by atoms with Gasteiger partial charge < -0.3 is 15.4 Å². The first-order chi connectivity index (χ1) is 11.0. The summed E-state index contributed by atoms with van der Waals surface area (Å²) in [5, 5.41) is 4.95. The van der Waals surface area contributed by atoms with E-state index < -0.39 is 0 Å². The highest BCUT2D eigenvalue weighted by Gasteiger charge is 2.37. The lowest BCUT2D eigenvalue weighted by Gasteiger charge is -2.14. The fraction of sp³-hybridized carbons (Fsp3) is 0.714. The lowest BCUT2D eigenvalue weighted by atomic mass is 10.3. The number of nitrogens with zero attached hydrogens (tertiary/aromatic N) is 1. The van der Waals surface area contributed by atoms with Gasteiger partial charge in [-0.05, 0) is 6.26 Å². The SMILES string of the molecule is COCCC(=O)NCCNC(=O)CCN1C(=O)CC(SC)C1=O. The molecule has 1 rings (SSSR count). The first kappa shape index (κ1) is 19.4. The normalized spacial score (nSPS) is 17.5. The molecule has 1 heterocycles. The summed E-state index contributed by atoms with van der Waals surface area (Å²) in [4.78, 5) is 47.7. The van der Waals surface area contributed by atoms with Gasteiger partial charge in [-0.1, -0.05) is 0 Å². The summed E-state index contributed by atoms with van der Waals surface area (Å²) in [6.45, 7) is 1.07. The minimum Gasteiger partial charge on any atom is -0.384 e. The average Bonchev–Trinajstić information content (AvgIpc) is 2.81. The number of likely N-dealkylation sites (tertiary alicyclic amines) is 1. The molecule has 1 aliphatic heterocycles. The number of hydrogen-bond donors (Lipinski definition) is 2. The molecule has 8 nitrogen and oxygen atoms in total. The van der Waals surface area contributed by atoms with Crippen molar-refractivity contribution in [1.29, 1.82) is 0 Å². The molecule has 0 radical (unpaired) electrons. The molecule has 0 spiro atoms. The van der Waals surface area contributed by atoms with Crippen molar-refractivity contribution in [2.75, 3.05) is 39.6 Å². The van der Waals surface area contributed by atoms with Gasteiger partial charge in [0.15, 0.2) is 0 Å². The van der Waals surface area contributed by atoms with Crippen LogP contribution in [0.4, 0.5) is 0 Å². The monoisotopic (exact) mass is 345 g/mol. The second-order valence-electron chi connectivity index (χ2n) is 5.00. The highest BCUT2D eigenvalue weighted by Crippen LogP contribution is 2.22. The smallest absolute Gasteiger partial charge is 0.242 e. The van der Waals surface area contributed by atoms with Gasteiger partial charge >= 0.3 is 0 Å². The molecule has 0 aromatic carbocycles. The van der Waals surface area contributed by atoms with E-state index in [9.17, 15) is 19.2 Å². The van der Waals surface area contributed by atoms with Crippen molar-refractivity contribution < 1.29 is 23.9 Å². The fourth-order valence-corrected chi connectivity index (χ4v) is 2.70. The van der Waals surface area contributed by atoms with Gasteiger partial charge in [0.25, 0.3) is 0 Å². The third-order valence-corrected chi connectivity index (χ3v) is 4.29. The van der Waals surface area contributed by atoms with Crippen LogP contribution in [0, 0.1) is 0 Å². The summed E-state index contributed by atoms with van der Waals surface area (Å²) in [5.74, 6) is -0.852. The van der Waals surface area contributed by atoms with Gasteiger partial charge in [-0.15, -0.1) is 0 Å². The number of nitrogens with one attached hydrogen (secondary N) is 2. The van der Waals surface area contributed by atoms with Crippen LogP contribution >= 0.6 is 11.8 Å². The van der Waals surface area contributed by atoms with Crippen LogP contribution in [0.15, 0.2) is 0 Å². The van der Waals surface area contributed by atoms with E-state index in [2.05, 4.69) is 10.6 Å². The number of thioether (sulfide) groups is 1. The summed E-state index contributed by atoms with van der Waals surface area (Å²) in [6.07, 6.45) is 2.33. The zero-order chi connectivity index (χ0) is 17.2. The van der Waals surface area contributed by atoms with Crippen LogP contribution < -0.4 is 10.6 Å². The Labute approximate surface area is 139 Å². The van der Waals surface area contributed by atoms with E-state index >= 15 is 0 Å². The van der Waals surface area contributed by atoms with E-state index in [4.69, 9.17) is 4.74 Å². The molecule has 130 valence electrons. The first-order valence-corrected chi connectivity index (χ1v) is 8.67. The van der Waals surface area contributed by atoms with Gasteiger partial charge in [-0.2, -0.15) is 11.8 Å². The Morgan fingerprint density at radius 2 is 1.83 bits per heavy atom. The molecular weight excluding hydrogens is 322 g/mol. The third kappa shape index (κ3) is 6.57.